The van der Waals surface area contributed by atoms with E-state index in [0.29, 0.717) is 17.5 Å². The number of alkyl halides is 1. The van der Waals surface area contributed by atoms with Gasteiger partial charge in [0, 0.05) is 16.9 Å². The first-order valence-electron chi connectivity index (χ1n) is 6.30. The highest BCUT2D eigenvalue weighted by Crippen LogP contribution is 2.17. The molecule has 1 unspecified atom stereocenters. The Hall–Kier alpha value is -0.100. The maximum Gasteiger partial charge on any atom is 0.240 e. The van der Waals surface area contributed by atoms with E-state index in [-0.39, 0.29) is 4.90 Å². The minimum Gasteiger partial charge on any atom is -0.211 e. The first-order chi connectivity index (χ1) is 8.99. The van der Waals surface area contributed by atoms with Gasteiger partial charge in [-0.3, -0.25) is 0 Å². The Kier molecular flexibility index (Phi) is 7.36. The Balaban J connectivity index is 2.69. The molecule has 6 heteroatoms. The molecule has 0 saturated heterocycles. The van der Waals surface area contributed by atoms with E-state index < -0.39 is 10.0 Å². The molecule has 0 aliphatic heterocycles. The minimum atomic E-state index is -3.46. The molecule has 0 amide bonds. The molecule has 1 aromatic rings. The molecule has 1 rings (SSSR count). The summed E-state index contributed by atoms with van der Waals surface area (Å²) in [6, 6.07) is 6.31. The summed E-state index contributed by atoms with van der Waals surface area (Å²) in [6.45, 7) is 2.57. The van der Waals surface area contributed by atoms with Crippen molar-refractivity contribution in [3.63, 3.8) is 0 Å². The van der Waals surface area contributed by atoms with Gasteiger partial charge in [0.2, 0.25) is 10.0 Å². The van der Waals surface area contributed by atoms with Gasteiger partial charge in [-0.25, -0.2) is 13.1 Å². The number of halogens is 2. The van der Waals surface area contributed by atoms with E-state index in [9.17, 15) is 8.42 Å². The molecule has 0 aliphatic carbocycles. The molecule has 1 aromatic carbocycles. The molecule has 0 spiro atoms. The largest absolute Gasteiger partial charge is 0.240 e. The number of hydrogen-bond donors (Lipinski definition) is 1. The van der Waals surface area contributed by atoms with Crippen molar-refractivity contribution in [1.29, 1.82) is 0 Å². The van der Waals surface area contributed by atoms with Gasteiger partial charge in [0.25, 0.3) is 0 Å². The van der Waals surface area contributed by atoms with Crippen molar-refractivity contribution in [3.05, 3.63) is 29.3 Å². The lowest BCUT2D eigenvalue weighted by atomic mass is 10.0. The van der Waals surface area contributed by atoms with Gasteiger partial charge in [-0.15, -0.1) is 0 Å². The van der Waals surface area contributed by atoms with Crippen LogP contribution >= 0.6 is 27.5 Å². The van der Waals surface area contributed by atoms with Crippen LogP contribution in [0.3, 0.4) is 0 Å². The normalized spacial score (nSPS) is 13.4. The molecule has 0 aliphatic rings. The summed E-state index contributed by atoms with van der Waals surface area (Å²) in [5.41, 5.74) is 0. The fourth-order valence-electron chi connectivity index (χ4n) is 1.86. The summed E-state index contributed by atoms with van der Waals surface area (Å²) in [7, 11) is -3.46. The average Bonchev–Trinajstić information content (AvgIpc) is 2.37. The average molecular weight is 369 g/mol. The number of hydrogen-bond acceptors (Lipinski definition) is 2. The van der Waals surface area contributed by atoms with Crippen LogP contribution in [0.25, 0.3) is 0 Å². The third-order valence-electron chi connectivity index (χ3n) is 2.88. The number of rotatable bonds is 8. The molecule has 0 bridgehead atoms. The van der Waals surface area contributed by atoms with Crippen LogP contribution in [0, 0.1) is 5.92 Å². The summed E-state index contributed by atoms with van der Waals surface area (Å²) in [6.07, 6.45) is 3.03. The van der Waals surface area contributed by atoms with E-state index in [0.717, 1.165) is 24.6 Å². The van der Waals surface area contributed by atoms with Crippen molar-refractivity contribution in [2.24, 2.45) is 5.92 Å². The zero-order valence-corrected chi connectivity index (χ0v) is 14.1. The second-order valence-corrected chi connectivity index (χ2v) is 7.44. The Labute approximate surface area is 128 Å². The van der Waals surface area contributed by atoms with Crippen molar-refractivity contribution in [2.45, 2.75) is 31.1 Å². The van der Waals surface area contributed by atoms with E-state index in [2.05, 4.69) is 27.6 Å². The van der Waals surface area contributed by atoms with E-state index >= 15 is 0 Å². The molecule has 0 aromatic heterocycles. The molecule has 108 valence electrons. The van der Waals surface area contributed by atoms with Gasteiger partial charge in [0.05, 0.1) is 4.90 Å². The van der Waals surface area contributed by atoms with Gasteiger partial charge in [-0.1, -0.05) is 46.9 Å². The molecule has 1 atom stereocenters. The van der Waals surface area contributed by atoms with Crippen LogP contribution in [-0.4, -0.2) is 20.3 Å². The zero-order chi connectivity index (χ0) is 14.3. The second kappa shape index (κ2) is 8.25. The summed E-state index contributed by atoms with van der Waals surface area (Å²) in [5, 5.41) is 1.31. The van der Waals surface area contributed by atoms with Gasteiger partial charge < -0.3 is 0 Å². The SMILES string of the molecule is CCCC(CCBr)CNS(=O)(=O)c1cccc(Cl)c1. The van der Waals surface area contributed by atoms with Crippen LogP contribution in [0.15, 0.2) is 29.2 Å². The fourth-order valence-corrected chi connectivity index (χ4v) is 3.92. The first kappa shape index (κ1) is 17.0. The van der Waals surface area contributed by atoms with Crippen LogP contribution in [0.5, 0.6) is 0 Å². The summed E-state index contributed by atoms with van der Waals surface area (Å²) in [5.74, 6) is 0.360. The smallest absolute Gasteiger partial charge is 0.211 e. The van der Waals surface area contributed by atoms with Crippen molar-refractivity contribution < 1.29 is 8.42 Å². The Bertz CT molecular complexity index is 487. The summed E-state index contributed by atoms with van der Waals surface area (Å²) in [4.78, 5) is 0.217. The molecule has 19 heavy (non-hydrogen) atoms. The van der Waals surface area contributed by atoms with Crippen LogP contribution < -0.4 is 4.72 Å². The molecule has 0 heterocycles. The van der Waals surface area contributed by atoms with Crippen molar-refractivity contribution in [1.82, 2.24) is 4.72 Å². The van der Waals surface area contributed by atoms with Crippen LogP contribution in [0.1, 0.15) is 26.2 Å². The van der Waals surface area contributed by atoms with Crippen molar-refractivity contribution in [3.8, 4) is 0 Å². The lowest BCUT2D eigenvalue weighted by Crippen LogP contribution is -2.29. The first-order valence-corrected chi connectivity index (χ1v) is 9.29. The van der Waals surface area contributed by atoms with Gasteiger partial charge in [-0.05, 0) is 37.0 Å². The standard InChI is InChI=1S/C13H19BrClNO2S/c1-2-4-11(7-8-14)10-16-19(17,18)13-6-3-5-12(15)9-13/h3,5-6,9,11,16H,2,4,7-8,10H2,1H3. The highest BCUT2D eigenvalue weighted by atomic mass is 79.9. The Morgan fingerprint density at radius 3 is 2.68 bits per heavy atom. The molecule has 0 fully saturated rings. The van der Waals surface area contributed by atoms with Gasteiger partial charge in [0.1, 0.15) is 0 Å². The second-order valence-electron chi connectivity index (χ2n) is 4.44. The lowest BCUT2D eigenvalue weighted by molar-refractivity contribution is 0.459. The topological polar surface area (TPSA) is 46.2 Å². The van der Waals surface area contributed by atoms with Crippen LogP contribution in [-0.2, 0) is 10.0 Å². The highest BCUT2D eigenvalue weighted by molar-refractivity contribution is 9.09. The lowest BCUT2D eigenvalue weighted by Gasteiger charge is -2.15. The fraction of sp³-hybridized carbons (Fsp3) is 0.538. The maximum atomic E-state index is 12.1. The maximum absolute atomic E-state index is 12.1. The number of sulfonamides is 1. The number of nitrogens with one attached hydrogen (secondary N) is 1. The van der Waals surface area contributed by atoms with Gasteiger partial charge in [0.15, 0.2) is 0 Å². The third-order valence-corrected chi connectivity index (χ3v) is 5.00. The van der Waals surface area contributed by atoms with E-state index in [4.69, 9.17) is 11.6 Å². The highest BCUT2D eigenvalue weighted by Gasteiger charge is 2.16. The monoisotopic (exact) mass is 367 g/mol. The zero-order valence-electron chi connectivity index (χ0n) is 10.9. The summed E-state index contributed by atoms with van der Waals surface area (Å²) >= 11 is 9.21. The summed E-state index contributed by atoms with van der Waals surface area (Å²) < 4.78 is 26.9. The van der Waals surface area contributed by atoms with Crippen LogP contribution in [0.4, 0.5) is 0 Å². The molecular formula is C13H19BrClNO2S. The molecule has 3 nitrogen and oxygen atoms in total. The molecular weight excluding hydrogens is 350 g/mol. The molecule has 0 radical (unpaired) electrons. The predicted molar refractivity (Wildman–Crippen MR) is 83.4 cm³/mol. The van der Waals surface area contributed by atoms with E-state index in [1.54, 1.807) is 18.2 Å². The Morgan fingerprint density at radius 1 is 1.37 bits per heavy atom. The number of benzene rings is 1. The minimum absolute atomic E-state index is 0.217. The van der Waals surface area contributed by atoms with Crippen molar-refractivity contribution in [2.75, 3.05) is 11.9 Å². The molecule has 1 N–H and O–H groups in total. The predicted octanol–water partition coefficient (Wildman–Crippen LogP) is 3.82. The van der Waals surface area contributed by atoms with Gasteiger partial charge in [-0.2, -0.15) is 0 Å². The van der Waals surface area contributed by atoms with Gasteiger partial charge >= 0.3 is 0 Å². The van der Waals surface area contributed by atoms with Crippen LogP contribution in [0.2, 0.25) is 5.02 Å². The third kappa shape index (κ3) is 5.81. The van der Waals surface area contributed by atoms with Crippen molar-refractivity contribution >= 4 is 37.6 Å². The van der Waals surface area contributed by atoms with E-state index in [1.165, 1.54) is 6.07 Å². The quantitative estimate of drug-likeness (QED) is 0.709. The molecule has 0 saturated carbocycles. The van der Waals surface area contributed by atoms with E-state index in [1.807, 2.05) is 0 Å². The Morgan fingerprint density at radius 2 is 2.11 bits per heavy atom.